The topological polar surface area (TPSA) is 46.9 Å². The number of anilines is 1. The number of carbonyl (C=O) groups is 1. The molecule has 1 amide bonds. The summed E-state index contributed by atoms with van der Waals surface area (Å²) in [7, 11) is 0. The summed E-state index contributed by atoms with van der Waals surface area (Å²) in [5.41, 5.74) is 1.06. The third kappa shape index (κ3) is 3.62. The van der Waals surface area contributed by atoms with E-state index in [9.17, 15) is 4.79 Å². The van der Waals surface area contributed by atoms with Crippen molar-refractivity contribution in [2.45, 2.75) is 19.9 Å². The van der Waals surface area contributed by atoms with Crippen molar-refractivity contribution in [3.63, 3.8) is 0 Å². The number of hydrogen-bond donors (Lipinski definition) is 1. The Bertz CT molecular complexity index is 643. The molecule has 4 nitrogen and oxygen atoms in total. The van der Waals surface area contributed by atoms with Crippen molar-refractivity contribution in [1.29, 1.82) is 0 Å². The fraction of sp³-hybridized carbons (Fsp3) is 0.231. The number of hydrogen-bond acceptors (Lipinski definition) is 2. The second-order valence-electron chi connectivity index (χ2n) is 4.18. The van der Waals surface area contributed by atoms with Crippen molar-refractivity contribution in [3.05, 3.63) is 44.3 Å². The smallest absolute Gasteiger partial charge is 0.272 e. The number of nitrogens with zero attached hydrogens (tertiary/aromatic N) is 2. The van der Waals surface area contributed by atoms with Crippen LogP contribution in [0.15, 0.2) is 33.5 Å². The van der Waals surface area contributed by atoms with E-state index in [1.54, 1.807) is 18.3 Å². The first-order chi connectivity index (χ1) is 9.51. The lowest BCUT2D eigenvalue weighted by atomic mass is 10.3. The van der Waals surface area contributed by atoms with Crippen molar-refractivity contribution in [3.8, 4) is 0 Å². The highest BCUT2D eigenvalue weighted by atomic mass is 79.9. The summed E-state index contributed by atoms with van der Waals surface area (Å²) in [6, 6.07) is 3.50. The summed E-state index contributed by atoms with van der Waals surface area (Å²) in [4.78, 5) is 16.3. The van der Waals surface area contributed by atoms with E-state index >= 15 is 0 Å². The van der Waals surface area contributed by atoms with Gasteiger partial charge in [-0.2, -0.15) is 0 Å². The number of nitrogens with one attached hydrogen (secondary N) is 1. The molecular weight excluding hydrogens is 409 g/mol. The lowest BCUT2D eigenvalue weighted by molar-refractivity contribution is 0.101. The Kier molecular flexibility index (Phi) is 5.23. The van der Waals surface area contributed by atoms with Crippen LogP contribution >= 0.6 is 43.5 Å². The molecule has 0 aliphatic heterocycles. The van der Waals surface area contributed by atoms with Crippen LogP contribution in [0.25, 0.3) is 0 Å². The number of pyridine rings is 1. The average molecular weight is 422 g/mol. The van der Waals surface area contributed by atoms with Gasteiger partial charge in [-0.3, -0.25) is 4.79 Å². The van der Waals surface area contributed by atoms with Crippen molar-refractivity contribution in [2.24, 2.45) is 0 Å². The van der Waals surface area contributed by atoms with Gasteiger partial charge in [0.15, 0.2) is 5.15 Å². The zero-order valence-electron chi connectivity index (χ0n) is 10.7. The first kappa shape index (κ1) is 15.5. The van der Waals surface area contributed by atoms with Gasteiger partial charge in [0.2, 0.25) is 0 Å². The molecule has 2 aromatic rings. The van der Waals surface area contributed by atoms with Gasteiger partial charge in [0.25, 0.3) is 5.91 Å². The monoisotopic (exact) mass is 419 g/mol. The van der Waals surface area contributed by atoms with Crippen molar-refractivity contribution < 1.29 is 4.79 Å². The fourth-order valence-electron chi connectivity index (χ4n) is 1.79. The molecule has 0 unspecified atom stereocenters. The Hall–Kier alpha value is -0.850. The second-order valence-corrected chi connectivity index (χ2v) is 6.37. The Morgan fingerprint density at radius 3 is 2.85 bits per heavy atom. The van der Waals surface area contributed by atoms with Gasteiger partial charge in [-0.15, -0.1) is 0 Å². The highest BCUT2D eigenvalue weighted by molar-refractivity contribution is 9.10. The predicted molar refractivity (Wildman–Crippen MR) is 87.3 cm³/mol. The largest absolute Gasteiger partial charge is 0.342 e. The highest BCUT2D eigenvalue weighted by Crippen LogP contribution is 2.24. The molecule has 0 atom stereocenters. The standard InChI is InChI=1S/C13H12Br2ClN3O/c1-2-3-19-7-9(15)5-11(19)13(20)18-10-4-8(14)6-17-12(10)16/h4-7H,2-3H2,1H3,(H,18,20). The van der Waals surface area contributed by atoms with Crippen LogP contribution in [0.2, 0.25) is 5.15 Å². The third-order valence-corrected chi connectivity index (χ3v) is 3.78. The van der Waals surface area contributed by atoms with Crippen LogP contribution in [-0.4, -0.2) is 15.5 Å². The molecule has 7 heteroatoms. The number of amides is 1. The van der Waals surface area contributed by atoms with Crippen molar-refractivity contribution >= 4 is 55.1 Å². The summed E-state index contributed by atoms with van der Waals surface area (Å²) in [5, 5.41) is 3.03. The minimum Gasteiger partial charge on any atom is -0.342 e. The Morgan fingerprint density at radius 2 is 2.15 bits per heavy atom. The molecule has 0 spiro atoms. The molecule has 0 aromatic carbocycles. The summed E-state index contributed by atoms with van der Waals surface area (Å²) in [6.45, 7) is 2.84. The maximum atomic E-state index is 12.3. The Morgan fingerprint density at radius 1 is 1.40 bits per heavy atom. The molecule has 0 aliphatic carbocycles. The molecule has 0 bridgehead atoms. The van der Waals surface area contributed by atoms with Crippen molar-refractivity contribution in [1.82, 2.24) is 9.55 Å². The van der Waals surface area contributed by atoms with E-state index in [2.05, 4.69) is 49.1 Å². The van der Waals surface area contributed by atoms with Gasteiger partial charge in [0, 0.05) is 27.9 Å². The normalized spacial score (nSPS) is 10.6. The van der Waals surface area contributed by atoms with E-state index in [0.29, 0.717) is 11.4 Å². The van der Waals surface area contributed by atoms with Crippen molar-refractivity contribution in [2.75, 3.05) is 5.32 Å². The van der Waals surface area contributed by atoms with Crippen LogP contribution in [0.3, 0.4) is 0 Å². The number of aryl methyl sites for hydroxylation is 1. The van der Waals surface area contributed by atoms with Gasteiger partial charge >= 0.3 is 0 Å². The van der Waals surface area contributed by atoms with Gasteiger partial charge in [-0.25, -0.2) is 4.98 Å². The summed E-state index contributed by atoms with van der Waals surface area (Å²) < 4.78 is 3.52. The van der Waals surface area contributed by atoms with Crippen LogP contribution in [0.1, 0.15) is 23.8 Å². The predicted octanol–water partition coefficient (Wildman–Crippen LogP) is 4.72. The molecule has 0 aliphatic rings. The first-order valence-corrected chi connectivity index (χ1v) is 7.95. The molecule has 106 valence electrons. The average Bonchev–Trinajstić information content (AvgIpc) is 2.75. The number of rotatable bonds is 4. The van der Waals surface area contributed by atoms with Gasteiger partial charge in [-0.1, -0.05) is 18.5 Å². The summed E-state index contributed by atoms with van der Waals surface area (Å²) in [6.07, 6.45) is 4.41. The van der Waals surface area contributed by atoms with E-state index in [0.717, 1.165) is 21.9 Å². The van der Waals surface area contributed by atoms with E-state index < -0.39 is 0 Å². The Balaban J connectivity index is 2.26. The Labute approximate surface area is 138 Å². The second kappa shape index (κ2) is 6.74. The number of halogens is 3. The van der Waals surface area contributed by atoms with Gasteiger partial charge in [0.1, 0.15) is 5.69 Å². The van der Waals surface area contributed by atoms with E-state index in [1.165, 1.54) is 0 Å². The number of carbonyl (C=O) groups excluding carboxylic acids is 1. The lowest BCUT2D eigenvalue weighted by Crippen LogP contribution is -2.17. The highest BCUT2D eigenvalue weighted by Gasteiger charge is 2.14. The molecular formula is C13H12Br2ClN3O. The zero-order valence-corrected chi connectivity index (χ0v) is 14.6. The summed E-state index contributed by atoms with van der Waals surface area (Å²) >= 11 is 12.7. The molecule has 0 saturated carbocycles. The van der Waals surface area contributed by atoms with E-state index in [1.807, 2.05) is 10.8 Å². The zero-order chi connectivity index (χ0) is 14.7. The van der Waals surface area contributed by atoms with Gasteiger partial charge in [-0.05, 0) is 50.4 Å². The minimum absolute atomic E-state index is 0.217. The molecule has 2 aromatic heterocycles. The third-order valence-electron chi connectivity index (χ3n) is 2.61. The molecule has 2 rings (SSSR count). The molecule has 20 heavy (non-hydrogen) atoms. The molecule has 2 heterocycles. The van der Waals surface area contributed by atoms with E-state index in [-0.39, 0.29) is 11.1 Å². The molecule has 0 radical (unpaired) electrons. The lowest BCUT2D eigenvalue weighted by Gasteiger charge is -2.09. The van der Waals surface area contributed by atoms with Gasteiger partial charge < -0.3 is 9.88 Å². The quantitative estimate of drug-likeness (QED) is 0.726. The van der Waals surface area contributed by atoms with Crippen LogP contribution < -0.4 is 5.32 Å². The summed E-state index contributed by atoms with van der Waals surface area (Å²) in [5.74, 6) is -0.217. The van der Waals surface area contributed by atoms with Crippen LogP contribution in [-0.2, 0) is 6.54 Å². The fourth-order valence-corrected chi connectivity index (χ4v) is 2.73. The SMILES string of the molecule is CCCn1cc(Br)cc1C(=O)Nc1cc(Br)cnc1Cl. The van der Waals surface area contributed by atoms with E-state index in [4.69, 9.17) is 11.6 Å². The van der Waals surface area contributed by atoms with Crippen LogP contribution in [0.4, 0.5) is 5.69 Å². The van der Waals surface area contributed by atoms with Gasteiger partial charge in [0.05, 0.1) is 5.69 Å². The maximum Gasteiger partial charge on any atom is 0.272 e. The number of aromatic nitrogens is 2. The maximum absolute atomic E-state index is 12.3. The van der Waals surface area contributed by atoms with Crippen LogP contribution in [0.5, 0.6) is 0 Å². The molecule has 1 N–H and O–H groups in total. The minimum atomic E-state index is -0.217. The molecule has 0 fully saturated rings. The molecule has 0 saturated heterocycles. The first-order valence-electron chi connectivity index (χ1n) is 5.99. The van der Waals surface area contributed by atoms with Crippen LogP contribution in [0, 0.1) is 0 Å².